The first-order valence-corrected chi connectivity index (χ1v) is 9.31. The monoisotopic (exact) mass is 364 g/mol. The number of hydrogen-bond acceptors (Lipinski definition) is 4. The quantitative estimate of drug-likeness (QED) is 0.592. The van der Waals surface area contributed by atoms with Gasteiger partial charge in [0, 0.05) is 11.8 Å². The molecule has 0 saturated carbocycles. The van der Waals surface area contributed by atoms with E-state index in [0.29, 0.717) is 16.9 Å². The Hall–Kier alpha value is -2.80. The molecule has 1 aromatic carbocycles. The highest BCUT2D eigenvalue weighted by atomic mass is 19.1. The Kier molecular flexibility index (Phi) is 3.72. The van der Waals surface area contributed by atoms with Gasteiger partial charge in [-0.05, 0) is 63.5 Å². The van der Waals surface area contributed by atoms with Crippen molar-refractivity contribution >= 4 is 16.6 Å². The lowest BCUT2D eigenvalue weighted by atomic mass is 10.1. The number of rotatable bonds is 2. The van der Waals surface area contributed by atoms with Gasteiger partial charge in [0.1, 0.15) is 5.82 Å². The van der Waals surface area contributed by atoms with Crippen LogP contribution in [0.3, 0.4) is 0 Å². The minimum atomic E-state index is -0.260. The molecular formula is C20H21FN6. The van der Waals surface area contributed by atoms with Crippen molar-refractivity contribution < 1.29 is 4.39 Å². The Labute approximate surface area is 156 Å². The summed E-state index contributed by atoms with van der Waals surface area (Å²) in [5, 5.41) is 13.2. The largest absolute Gasteiger partial charge is 0.317 e. The average Bonchev–Trinajstić information content (AvgIpc) is 3.26. The van der Waals surface area contributed by atoms with Gasteiger partial charge in [-0.3, -0.25) is 4.68 Å². The summed E-state index contributed by atoms with van der Waals surface area (Å²) in [6.45, 7) is 5.88. The zero-order valence-electron chi connectivity index (χ0n) is 15.4. The van der Waals surface area contributed by atoms with Crippen LogP contribution < -0.4 is 5.32 Å². The molecule has 0 spiro atoms. The number of benzene rings is 1. The van der Waals surface area contributed by atoms with E-state index in [1.54, 1.807) is 10.6 Å². The van der Waals surface area contributed by atoms with E-state index in [4.69, 9.17) is 0 Å². The predicted molar refractivity (Wildman–Crippen MR) is 102 cm³/mol. The Morgan fingerprint density at radius 3 is 2.70 bits per heavy atom. The molecule has 0 radical (unpaired) electrons. The lowest BCUT2D eigenvalue weighted by molar-refractivity contribution is 0.345. The van der Waals surface area contributed by atoms with Gasteiger partial charge < -0.3 is 5.32 Å². The molecule has 138 valence electrons. The van der Waals surface area contributed by atoms with E-state index in [0.717, 1.165) is 54.1 Å². The predicted octanol–water partition coefficient (Wildman–Crippen LogP) is 3.43. The fourth-order valence-electron chi connectivity index (χ4n) is 3.89. The minimum Gasteiger partial charge on any atom is -0.317 e. The number of hydrogen-bond donors (Lipinski definition) is 1. The van der Waals surface area contributed by atoms with E-state index in [1.165, 1.54) is 0 Å². The third-order valence-corrected chi connectivity index (χ3v) is 5.30. The molecule has 1 N–H and O–H groups in total. The molecule has 1 saturated heterocycles. The maximum absolute atomic E-state index is 14.8. The fraction of sp³-hybridized carbons (Fsp3) is 0.350. The first kappa shape index (κ1) is 16.4. The molecule has 7 heteroatoms. The van der Waals surface area contributed by atoms with E-state index in [-0.39, 0.29) is 5.82 Å². The van der Waals surface area contributed by atoms with Gasteiger partial charge in [-0.2, -0.15) is 10.2 Å². The second-order valence-corrected chi connectivity index (χ2v) is 7.34. The van der Waals surface area contributed by atoms with E-state index in [9.17, 15) is 4.39 Å². The van der Waals surface area contributed by atoms with Crippen molar-refractivity contribution in [3.05, 3.63) is 47.7 Å². The van der Waals surface area contributed by atoms with Crippen LogP contribution in [0.4, 0.5) is 4.39 Å². The third-order valence-electron chi connectivity index (χ3n) is 5.30. The van der Waals surface area contributed by atoms with Crippen molar-refractivity contribution in [1.29, 1.82) is 0 Å². The number of halogens is 1. The number of fused-ring (bicyclic) bond motifs is 2. The van der Waals surface area contributed by atoms with Crippen LogP contribution in [0, 0.1) is 19.7 Å². The molecule has 1 fully saturated rings. The topological polar surface area (TPSA) is 60.0 Å². The van der Waals surface area contributed by atoms with Gasteiger partial charge in [-0.15, -0.1) is 0 Å². The number of nitrogens with one attached hydrogen (secondary N) is 1. The second-order valence-electron chi connectivity index (χ2n) is 7.34. The molecule has 0 amide bonds. The van der Waals surface area contributed by atoms with Crippen molar-refractivity contribution in [3.63, 3.8) is 0 Å². The summed E-state index contributed by atoms with van der Waals surface area (Å²) in [5.41, 5.74) is 4.86. The Bertz CT molecular complexity index is 1150. The third kappa shape index (κ3) is 2.78. The number of nitrogens with zero attached hydrogens (tertiary/aromatic N) is 5. The molecule has 6 nitrogen and oxygen atoms in total. The number of imidazole rings is 1. The van der Waals surface area contributed by atoms with Crippen LogP contribution in [0.5, 0.6) is 0 Å². The summed E-state index contributed by atoms with van der Waals surface area (Å²) in [6.07, 6.45) is 5.75. The van der Waals surface area contributed by atoms with Gasteiger partial charge in [0.25, 0.3) is 0 Å². The van der Waals surface area contributed by atoms with Crippen LogP contribution in [0.2, 0.25) is 0 Å². The molecule has 1 aliphatic heterocycles. The first-order chi connectivity index (χ1) is 13.1. The maximum atomic E-state index is 14.8. The smallest absolute Gasteiger partial charge is 0.156 e. The summed E-state index contributed by atoms with van der Waals surface area (Å²) in [4.78, 5) is 4.48. The summed E-state index contributed by atoms with van der Waals surface area (Å²) >= 11 is 0. The summed E-state index contributed by atoms with van der Waals surface area (Å²) in [6, 6.07) is 5.75. The van der Waals surface area contributed by atoms with Gasteiger partial charge in [0.2, 0.25) is 0 Å². The summed E-state index contributed by atoms with van der Waals surface area (Å²) < 4.78 is 18.5. The maximum Gasteiger partial charge on any atom is 0.156 e. The number of piperidine rings is 1. The van der Waals surface area contributed by atoms with E-state index < -0.39 is 0 Å². The summed E-state index contributed by atoms with van der Waals surface area (Å²) in [7, 11) is 0. The van der Waals surface area contributed by atoms with E-state index in [1.807, 2.05) is 43.1 Å². The van der Waals surface area contributed by atoms with Crippen LogP contribution >= 0.6 is 0 Å². The lowest BCUT2D eigenvalue weighted by Crippen LogP contribution is -2.29. The molecule has 0 unspecified atom stereocenters. The molecule has 0 atom stereocenters. The lowest BCUT2D eigenvalue weighted by Gasteiger charge is -2.22. The van der Waals surface area contributed by atoms with Crippen LogP contribution in [0.1, 0.15) is 30.1 Å². The standard InChI is InChI=1S/C20H21FN6/c1-12-7-18(24-27-10-13(2)23-20(12)27)14-8-17(21)16-11-26(25-19(16)9-14)15-3-5-22-6-4-15/h7-11,15,22H,3-6H2,1-2H3. The Balaban J connectivity index is 1.61. The number of aromatic nitrogens is 5. The molecule has 4 aromatic rings. The van der Waals surface area contributed by atoms with Gasteiger partial charge >= 0.3 is 0 Å². The summed E-state index contributed by atoms with van der Waals surface area (Å²) in [5.74, 6) is -0.260. The zero-order valence-corrected chi connectivity index (χ0v) is 15.4. The van der Waals surface area contributed by atoms with E-state index in [2.05, 4.69) is 20.5 Å². The Morgan fingerprint density at radius 1 is 1.07 bits per heavy atom. The molecule has 0 aliphatic carbocycles. The zero-order chi connectivity index (χ0) is 18.5. The van der Waals surface area contributed by atoms with Crippen LogP contribution in [0.25, 0.3) is 27.8 Å². The average molecular weight is 364 g/mol. The molecule has 1 aliphatic rings. The van der Waals surface area contributed by atoms with E-state index >= 15 is 0 Å². The van der Waals surface area contributed by atoms with Gasteiger partial charge in [-0.1, -0.05) is 0 Å². The van der Waals surface area contributed by atoms with Crippen LogP contribution in [-0.4, -0.2) is 37.5 Å². The van der Waals surface area contributed by atoms with Gasteiger partial charge in [0.15, 0.2) is 5.65 Å². The van der Waals surface area contributed by atoms with Gasteiger partial charge in [-0.25, -0.2) is 13.9 Å². The van der Waals surface area contributed by atoms with Crippen LogP contribution in [0.15, 0.2) is 30.6 Å². The molecule has 5 rings (SSSR count). The molecule has 4 heterocycles. The molecule has 0 bridgehead atoms. The Morgan fingerprint density at radius 2 is 1.89 bits per heavy atom. The molecule has 27 heavy (non-hydrogen) atoms. The highest BCUT2D eigenvalue weighted by molar-refractivity contribution is 5.84. The van der Waals surface area contributed by atoms with Crippen molar-refractivity contribution in [2.75, 3.05) is 13.1 Å². The molecular weight excluding hydrogens is 343 g/mol. The normalized spacial score (nSPS) is 15.8. The number of aryl methyl sites for hydroxylation is 2. The molecule has 3 aromatic heterocycles. The van der Waals surface area contributed by atoms with Crippen molar-refractivity contribution in [3.8, 4) is 11.3 Å². The second kappa shape index (κ2) is 6.13. The SMILES string of the molecule is Cc1cn2nc(-c3cc(F)c4cn(C5CCNCC5)nc4c3)cc(C)c2n1. The van der Waals surface area contributed by atoms with Gasteiger partial charge in [0.05, 0.1) is 34.5 Å². The van der Waals surface area contributed by atoms with Crippen molar-refractivity contribution in [2.45, 2.75) is 32.7 Å². The highest BCUT2D eigenvalue weighted by Crippen LogP contribution is 2.28. The first-order valence-electron chi connectivity index (χ1n) is 9.31. The van der Waals surface area contributed by atoms with Crippen LogP contribution in [-0.2, 0) is 0 Å². The highest BCUT2D eigenvalue weighted by Gasteiger charge is 2.18. The van der Waals surface area contributed by atoms with Crippen molar-refractivity contribution in [2.24, 2.45) is 0 Å². The minimum absolute atomic E-state index is 0.260. The fourth-order valence-corrected chi connectivity index (χ4v) is 3.89. The van der Waals surface area contributed by atoms with Crippen molar-refractivity contribution in [1.82, 2.24) is 29.7 Å².